The molecule has 2 N–H and O–H groups in total. The summed E-state index contributed by atoms with van der Waals surface area (Å²) in [6.07, 6.45) is 2.36. The summed E-state index contributed by atoms with van der Waals surface area (Å²) >= 11 is 0. The molecule has 7 heteroatoms. The highest BCUT2D eigenvalue weighted by Crippen LogP contribution is 2.13. The second-order valence-electron chi connectivity index (χ2n) is 5.63. The van der Waals surface area contributed by atoms with Crippen LogP contribution in [0.2, 0.25) is 0 Å². The quantitative estimate of drug-likeness (QED) is 0.841. The Morgan fingerprint density at radius 1 is 1.17 bits per heavy atom. The fourth-order valence-electron chi connectivity index (χ4n) is 1.93. The van der Waals surface area contributed by atoms with Crippen LogP contribution in [0.5, 0.6) is 0 Å². The lowest BCUT2D eigenvalue weighted by atomic mass is 10.2. The predicted octanol–water partition coefficient (Wildman–Crippen LogP) is 2.72. The molecule has 0 aliphatic carbocycles. The van der Waals surface area contributed by atoms with Crippen molar-refractivity contribution in [3.05, 3.63) is 53.7 Å². The lowest BCUT2D eigenvalue weighted by Crippen LogP contribution is -2.32. The van der Waals surface area contributed by atoms with Gasteiger partial charge in [-0.25, -0.2) is 18.1 Å². The molecule has 0 radical (unpaired) electrons. The molecule has 1 aromatic heterocycles. The van der Waals surface area contributed by atoms with Gasteiger partial charge in [0.05, 0.1) is 4.90 Å². The third-order valence-electron chi connectivity index (χ3n) is 3.55. The second-order valence-corrected chi connectivity index (χ2v) is 7.34. The van der Waals surface area contributed by atoms with E-state index in [0.717, 1.165) is 5.56 Å². The van der Waals surface area contributed by atoms with Crippen molar-refractivity contribution in [1.29, 1.82) is 0 Å². The topological polar surface area (TPSA) is 88.2 Å². The Morgan fingerprint density at radius 2 is 1.83 bits per heavy atom. The number of aromatic nitrogens is 1. The number of carbonyl (C=O) groups excluding carboxylic acids is 1. The summed E-state index contributed by atoms with van der Waals surface area (Å²) in [5.41, 5.74) is 1.36. The molecule has 2 rings (SSSR count). The van der Waals surface area contributed by atoms with Crippen molar-refractivity contribution in [3.8, 4) is 0 Å². The highest BCUT2D eigenvalue weighted by atomic mass is 32.2. The molecule has 0 aliphatic heterocycles. The molecule has 0 saturated heterocycles. The number of pyridine rings is 1. The van der Waals surface area contributed by atoms with Gasteiger partial charge < -0.3 is 5.32 Å². The molecule has 1 aromatic carbocycles. The molecule has 1 amide bonds. The molecular weight excluding hydrogens is 326 g/mol. The molecule has 0 aliphatic rings. The minimum atomic E-state index is -3.57. The predicted molar refractivity (Wildman–Crippen MR) is 93.4 cm³/mol. The molecular formula is C17H21N3O3S. The molecule has 24 heavy (non-hydrogen) atoms. The summed E-state index contributed by atoms with van der Waals surface area (Å²) in [5, 5.41) is 2.67. The van der Waals surface area contributed by atoms with E-state index in [1.54, 1.807) is 19.2 Å². The van der Waals surface area contributed by atoms with E-state index in [0.29, 0.717) is 17.8 Å². The first-order valence-electron chi connectivity index (χ1n) is 7.68. The Labute approximate surface area is 142 Å². The zero-order valence-electron chi connectivity index (χ0n) is 13.9. The van der Waals surface area contributed by atoms with E-state index in [1.807, 2.05) is 19.9 Å². The van der Waals surface area contributed by atoms with Gasteiger partial charge in [-0.2, -0.15) is 0 Å². The molecule has 6 nitrogen and oxygen atoms in total. The molecule has 0 spiro atoms. The maximum absolute atomic E-state index is 12.2. The maximum Gasteiger partial charge on any atom is 0.256 e. The second kappa shape index (κ2) is 7.55. The summed E-state index contributed by atoms with van der Waals surface area (Å²) in [6, 6.07) is 9.21. The molecule has 0 unspecified atom stereocenters. The van der Waals surface area contributed by atoms with Gasteiger partial charge in [0.2, 0.25) is 10.0 Å². The number of sulfonamides is 1. The number of amides is 1. The number of rotatable bonds is 6. The van der Waals surface area contributed by atoms with Crippen LogP contribution in [0.4, 0.5) is 5.82 Å². The first-order chi connectivity index (χ1) is 11.3. The lowest BCUT2D eigenvalue weighted by Gasteiger charge is -2.12. The van der Waals surface area contributed by atoms with Crippen molar-refractivity contribution in [1.82, 2.24) is 9.71 Å². The standard InChI is InChI=1S/C17H21N3O3S/c1-4-13(3)20-24(22,23)15-8-6-14(7-9-15)17(21)19-16-10-5-12(2)11-18-16/h5-11,13,20H,4H2,1-3H3,(H,18,19,21)/t13-/m0/s1. The van der Waals surface area contributed by atoms with Crippen molar-refractivity contribution < 1.29 is 13.2 Å². The van der Waals surface area contributed by atoms with E-state index in [1.165, 1.54) is 24.3 Å². The van der Waals surface area contributed by atoms with E-state index in [9.17, 15) is 13.2 Å². The minimum Gasteiger partial charge on any atom is -0.307 e. The van der Waals surface area contributed by atoms with Crippen molar-refractivity contribution in [2.24, 2.45) is 0 Å². The fourth-order valence-corrected chi connectivity index (χ4v) is 3.26. The van der Waals surface area contributed by atoms with Crippen molar-refractivity contribution in [2.45, 2.75) is 38.1 Å². The monoisotopic (exact) mass is 347 g/mol. The van der Waals surface area contributed by atoms with Crippen LogP contribution < -0.4 is 10.0 Å². The Morgan fingerprint density at radius 3 is 2.38 bits per heavy atom. The number of nitrogens with zero attached hydrogens (tertiary/aromatic N) is 1. The number of nitrogens with one attached hydrogen (secondary N) is 2. The first-order valence-corrected chi connectivity index (χ1v) is 9.16. The van der Waals surface area contributed by atoms with Crippen LogP contribution in [0.1, 0.15) is 36.2 Å². The number of aryl methyl sites for hydroxylation is 1. The number of anilines is 1. The summed E-state index contributed by atoms with van der Waals surface area (Å²) in [4.78, 5) is 16.4. The number of benzene rings is 1. The summed E-state index contributed by atoms with van der Waals surface area (Å²) in [7, 11) is -3.57. The summed E-state index contributed by atoms with van der Waals surface area (Å²) < 4.78 is 26.9. The SMILES string of the molecule is CC[C@H](C)NS(=O)(=O)c1ccc(C(=O)Nc2ccc(C)cn2)cc1. The lowest BCUT2D eigenvalue weighted by molar-refractivity contribution is 0.102. The Kier molecular flexibility index (Phi) is 5.69. The van der Waals surface area contributed by atoms with Crippen molar-refractivity contribution >= 4 is 21.7 Å². The molecule has 0 bridgehead atoms. The van der Waals surface area contributed by atoms with E-state index in [2.05, 4.69) is 15.0 Å². The van der Waals surface area contributed by atoms with Crippen LogP contribution in [0.15, 0.2) is 47.5 Å². The summed E-state index contributed by atoms with van der Waals surface area (Å²) in [6.45, 7) is 5.61. The molecule has 1 heterocycles. The van der Waals surface area contributed by atoms with Crippen LogP contribution in [-0.2, 0) is 10.0 Å². The molecule has 1 atom stereocenters. The van der Waals surface area contributed by atoms with Crippen LogP contribution in [0, 0.1) is 6.92 Å². The molecule has 2 aromatic rings. The van der Waals surface area contributed by atoms with Gasteiger partial charge in [-0.15, -0.1) is 0 Å². The maximum atomic E-state index is 12.2. The largest absolute Gasteiger partial charge is 0.307 e. The Balaban J connectivity index is 2.11. The van der Waals surface area contributed by atoms with Gasteiger partial charge >= 0.3 is 0 Å². The Hall–Kier alpha value is -2.25. The average Bonchev–Trinajstić information content (AvgIpc) is 2.56. The molecule has 0 fully saturated rings. The number of hydrogen-bond donors (Lipinski definition) is 2. The van der Waals surface area contributed by atoms with Crippen LogP contribution >= 0.6 is 0 Å². The van der Waals surface area contributed by atoms with Crippen molar-refractivity contribution in [3.63, 3.8) is 0 Å². The van der Waals surface area contributed by atoms with Crippen molar-refractivity contribution in [2.75, 3.05) is 5.32 Å². The zero-order chi connectivity index (χ0) is 17.7. The van der Waals surface area contributed by atoms with Gasteiger partial charge in [0, 0.05) is 17.8 Å². The number of carbonyl (C=O) groups is 1. The van der Waals surface area contributed by atoms with Gasteiger partial charge in [0.25, 0.3) is 5.91 Å². The zero-order valence-corrected chi connectivity index (χ0v) is 14.7. The summed E-state index contributed by atoms with van der Waals surface area (Å²) in [5.74, 6) is 0.103. The van der Waals surface area contributed by atoms with Crippen LogP contribution in [0.25, 0.3) is 0 Å². The Bertz CT molecular complexity index is 800. The smallest absolute Gasteiger partial charge is 0.256 e. The van der Waals surface area contributed by atoms with Crippen LogP contribution in [0.3, 0.4) is 0 Å². The highest BCUT2D eigenvalue weighted by Gasteiger charge is 2.17. The molecule has 128 valence electrons. The van der Waals surface area contributed by atoms with E-state index >= 15 is 0 Å². The van der Waals surface area contributed by atoms with Gasteiger partial charge in [0.1, 0.15) is 5.82 Å². The van der Waals surface area contributed by atoms with E-state index in [-0.39, 0.29) is 16.8 Å². The van der Waals surface area contributed by atoms with Gasteiger partial charge in [-0.3, -0.25) is 4.79 Å². The van der Waals surface area contributed by atoms with Gasteiger partial charge in [0.15, 0.2) is 0 Å². The third kappa shape index (κ3) is 4.62. The number of hydrogen-bond acceptors (Lipinski definition) is 4. The normalized spacial score (nSPS) is 12.6. The minimum absolute atomic E-state index is 0.132. The fraction of sp³-hybridized carbons (Fsp3) is 0.294. The van der Waals surface area contributed by atoms with E-state index in [4.69, 9.17) is 0 Å². The van der Waals surface area contributed by atoms with Gasteiger partial charge in [-0.1, -0.05) is 13.0 Å². The van der Waals surface area contributed by atoms with Gasteiger partial charge in [-0.05, 0) is 56.2 Å². The molecule has 0 saturated carbocycles. The average molecular weight is 347 g/mol. The third-order valence-corrected chi connectivity index (χ3v) is 5.15. The highest BCUT2D eigenvalue weighted by molar-refractivity contribution is 7.89. The van der Waals surface area contributed by atoms with E-state index < -0.39 is 10.0 Å². The van der Waals surface area contributed by atoms with Crippen LogP contribution in [-0.4, -0.2) is 25.4 Å². The first kappa shape index (κ1) is 18.1.